The second-order valence-electron chi connectivity index (χ2n) is 8.05. The largest absolute Gasteiger partial charge is 0.586 e. The fraction of sp³-hybridized carbons (Fsp3) is 0.167. The summed E-state index contributed by atoms with van der Waals surface area (Å²) in [5.41, 5.74) is -0.137. The molecule has 38 heavy (non-hydrogen) atoms. The topological polar surface area (TPSA) is 145 Å². The van der Waals surface area contributed by atoms with Crippen LogP contribution in [0.25, 0.3) is 11.3 Å². The van der Waals surface area contributed by atoms with Crippen LogP contribution >= 0.6 is 11.3 Å². The van der Waals surface area contributed by atoms with E-state index in [-0.39, 0.29) is 40.0 Å². The molecule has 1 aliphatic heterocycles. The van der Waals surface area contributed by atoms with E-state index < -0.39 is 35.8 Å². The van der Waals surface area contributed by atoms with Gasteiger partial charge < -0.3 is 29.6 Å². The van der Waals surface area contributed by atoms with Gasteiger partial charge in [-0.1, -0.05) is 30.3 Å². The monoisotopic (exact) mass is 544 g/mol. The third kappa shape index (κ3) is 4.80. The van der Waals surface area contributed by atoms with Crippen LogP contribution in [-0.2, 0) is 16.0 Å². The molecule has 0 unspecified atom stereocenters. The Morgan fingerprint density at radius 2 is 1.95 bits per heavy atom. The normalized spacial score (nSPS) is 14.2. The lowest BCUT2D eigenvalue weighted by molar-refractivity contribution is -0.286. The number of benzene rings is 2. The Labute approximate surface area is 216 Å². The highest BCUT2D eigenvalue weighted by Crippen LogP contribution is 2.43. The van der Waals surface area contributed by atoms with Gasteiger partial charge in [-0.25, -0.2) is 19.1 Å². The Balaban J connectivity index is 1.50. The van der Waals surface area contributed by atoms with Crippen molar-refractivity contribution in [1.29, 1.82) is 0 Å². The van der Waals surface area contributed by atoms with Crippen LogP contribution < -0.4 is 20.5 Å². The summed E-state index contributed by atoms with van der Waals surface area (Å²) in [6, 6.07) is 11.2. The van der Waals surface area contributed by atoms with E-state index in [1.54, 1.807) is 30.3 Å². The number of halogens is 2. The standard InChI is InChI=1S/C24H18F2N4O7S/c1-35-21(33)14-11-38-22(27-14)29-19(31)15(9-12-5-3-2-4-6-12)30-20(32)18(28-23(30)34)13-7-8-16-17(10-13)37-24(25,26)36-16/h2-8,10-11,15,32H,9H2,1H3,(H,28,34)(H,27,29,31)/t15-/m0/s1. The molecule has 0 bridgehead atoms. The van der Waals surface area contributed by atoms with Crippen molar-refractivity contribution in [2.75, 3.05) is 12.4 Å². The zero-order valence-corrected chi connectivity index (χ0v) is 20.3. The van der Waals surface area contributed by atoms with Crippen molar-refractivity contribution >= 4 is 28.3 Å². The van der Waals surface area contributed by atoms with E-state index in [2.05, 4.69) is 29.5 Å². The lowest BCUT2D eigenvalue weighted by Crippen LogP contribution is -2.33. The Kier molecular flexibility index (Phi) is 6.32. The average Bonchev–Trinajstić information content (AvgIpc) is 3.56. The molecule has 2 aromatic heterocycles. The fourth-order valence-corrected chi connectivity index (χ4v) is 4.57. The highest BCUT2D eigenvalue weighted by molar-refractivity contribution is 7.14. The molecule has 0 radical (unpaired) electrons. The van der Waals surface area contributed by atoms with Gasteiger partial charge in [-0.3, -0.25) is 4.79 Å². The van der Waals surface area contributed by atoms with E-state index in [1.165, 1.54) is 30.7 Å². The quantitative estimate of drug-likeness (QED) is 0.300. The van der Waals surface area contributed by atoms with Crippen LogP contribution in [0.2, 0.25) is 0 Å². The number of aromatic hydroxyl groups is 1. The molecule has 1 aliphatic rings. The number of nitrogens with zero attached hydrogens (tertiary/aromatic N) is 2. The minimum absolute atomic E-state index is 0.0000286. The summed E-state index contributed by atoms with van der Waals surface area (Å²) < 4.78 is 41.2. The van der Waals surface area contributed by atoms with Crippen molar-refractivity contribution < 1.29 is 37.7 Å². The molecule has 11 nitrogen and oxygen atoms in total. The van der Waals surface area contributed by atoms with E-state index in [9.17, 15) is 28.3 Å². The predicted octanol–water partition coefficient (Wildman–Crippen LogP) is 3.54. The third-order valence-corrected chi connectivity index (χ3v) is 6.37. The number of hydrogen-bond donors (Lipinski definition) is 3. The molecule has 0 saturated heterocycles. The molecular formula is C24H18F2N4O7S. The number of nitrogens with one attached hydrogen (secondary N) is 2. The van der Waals surface area contributed by atoms with E-state index in [1.807, 2.05) is 0 Å². The number of carbonyl (C=O) groups is 2. The first kappa shape index (κ1) is 25.0. The predicted molar refractivity (Wildman–Crippen MR) is 130 cm³/mol. The SMILES string of the molecule is COC(=O)c1csc(NC(=O)[C@H](Cc2ccccc2)n2c(O)c(-c3ccc4c(c3)OC(F)(F)O4)[nH]c2=O)n1. The van der Waals surface area contributed by atoms with Gasteiger partial charge in [0.25, 0.3) is 0 Å². The molecule has 0 fully saturated rings. The average molecular weight is 544 g/mol. The smallest absolute Gasteiger partial charge is 0.493 e. The Hall–Kier alpha value is -4.72. The van der Waals surface area contributed by atoms with Crippen molar-refractivity contribution in [2.24, 2.45) is 0 Å². The molecule has 3 heterocycles. The summed E-state index contributed by atoms with van der Waals surface area (Å²) in [6.07, 6.45) is -3.84. The molecule has 0 aliphatic carbocycles. The van der Waals surface area contributed by atoms with Crippen molar-refractivity contribution in [3.8, 4) is 28.6 Å². The Bertz CT molecular complexity index is 1580. The first-order valence-corrected chi connectivity index (χ1v) is 11.9. The zero-order chi connectivity index (χ0) is 27.0. The number of amides is 1. The Morgan fingerprint density at radius 1 is 1.21 bits per heavy atom. The van der Waals surface area contributed by atoms with Crippen LogP contribution in [0.1, 0.15) is 22.1 Å². The fourth-order valence-electron chi connectivity index (χ4n) is 3.89. The van der Waals surface area contributed by atoms with Crippen molar-refractivity contribution in [1.82, 2.24) is 14.5 Å². The van der Waals surface area contributed by atoms with Crippen molar-refractivity contribution in [3.63, 3.8) is 0 Å². The van der Waals surface area contributed by atoms with Gasteiger partial charge in [0.2, 0.25) is 11.8 Å². The zero-order valence-electron chi connectivity index (χ0n) is 19.4. The van der Waals surface area contributed by atoms with Gasteiger partial charge in [0, 0.05) is 17.4 Å². The van der Waals surface area contributed by atoms with Gasteiger partial charge in [-0.2, -0.15) is 0 Å². The molecule has 0 saturated carbocycles. The third-order valence-electron chi connectivity index (χ3n) is 5.61. The number of imidazole rings is 1. The van der Waals surface area contributed by atoms with Gasteiger partial charge in [-0.15, -0.1) is 20.1 Å². The van der Waals surface area contributed by atoms with Crippen molar-refractivity contribution in [3.05, 3.63) is 75.7 Å². The lowest BCUT2D eigenvalue weighted by atomic mass is 10.0. The highest BCUT2D eigenvalue weighted by Gasteiger charge is 2.43. The summed E-state index contributed by atoms with van der Waals surface area (Å²) in [6.45, 7) is 0. The number of thiazole rings is 1. The molecular weight excluding hydrogens is 526 g/mol. The maximum atomic E-state index is 13.4. The number of aromatic amines is 1. The van der Waals surface area contributed by atoms with E-state index >= 15 is 0 Å². The summed E-state index contributed by atoms with van der Waals surface area (Å²) in [7, 11) is 1.19. The number of rotatable bonds is 7. The van der Waals surface area contributed by atoms with Gasteiger partial charge in [0.05, 0.1) is 7.11 Å². The molecule has 1 atom stereocenters. The molecule has 5 rings (SSSR count). The maximum Gasteiger partial charge on any atom is 0.586 e. The van der Waals surface area contributed by atoms with Crippen LogP contribution in [0, 0.1) is 0 Å². The second kappa shape index (κ2) is 9.63. The highest BCUT2D eigenvalue weighted by atomic mass is 32.1. The number of hydrogen-bond acceptors (Lipinski definition) is 9. The number of fused-ring (bicyclic) bond motifs is 1. The number of H-pyrrole nitrogens is 1. The van der Waals surface area contributed by atoms with E-state index in [0.717, 1.165) is 15.9 Å². The number of anilines is 1. The molecule has 1 amide bonds. The minimum Gasteiger partial charge on any atom is -0.493 e. The van der Waals surface area contributed by atoms with Crippen LogP contribution in [0.15, 0.2) is 58.7 Å². The number of carbonyl (C=O) groups excluding carboxylic acids is 2. The lowest BCUT2D eigenvalue weighted by Gasteiger charge is -2.18. The van der Waals surface area contributed by atoms with Crippen LogP contribution in [0.4, 0.5) is 13.9 Å². The van der Waals surface area contributed by atoms with E-state index in [4.69, 9.17) is 0 Å². The van der Waals surface area contributed by atoms with E-state index in [0.29, 0.717) is 5.56 Å². The summed E-state index contributed by atoms with van der Waals surface area (Å²) in [5.74, 6) is -2.49. The maximum absolute atomic E-state index is 13.4. The molecule has 2 aromatic carbocycles. The van der Waals surface area contributed by atoms with Crippen LogP contribution in [0.5, 0.6) is 17.4 Å². The van der Waals surface area contributed by atoms with Gasteiger partial charge in [0.15, 0.2) is 22.3 Å². The van der Waals surface area contributed by atoms with Gasteiger partial charge in [0.1, 0.15) is 11.7 Å². The first-order valence-electron chi connectivity index (χ1n) is 11.0. The van der Waals surface area contributed by atoms with Gasteiger partial charge in [-0.05, 0) is 23.8 Å². The summed E-state index contributed by atoms with van der Waals surface area (Å²) >= 11 is 0.974. The molecule has 14 heteroatoms. The van der Waals surface area contributed by atoms with Gasteiger partial charge >= 0.3 is 18.0 Å². The summed E-state index contributed by atoms with van der Waals surface area (Å²) in [4.78, 5) is 44.6. The van der Waals surface area contributed by atoms with Crippen LogP contribution in [-0.4, -0.2) is 44.9 Å². The Morgan fingerprint density at radius 3 is 2.68 bits per heavy atom. The summed E-state index contributed by atoms with van der Waals surface area (Å²) in [5, 5.41) is 15.1. The molecule has 4 aromatic rings. The minimum atomic E-state index is -3.84. The number of alkyl halides is 2. The molecule has 0 spiro atoms. The van der Waals surface area contributed by atoms with Crippen molar-refractivity contribution in [2.45, 2.75) is 18.8 Å². The molecule has 3 N–H and O–H groups in total. The van der Waals surface area contributed by atoms with Crippen LogP contribution in [0.3, 0.4) is 0 Å². The number of ether oxygens (including phenoxy) is 3. The number of esters is 1. The first-order chi connectivity index (χ1) is 18.1. The molecule has 196 valence electrons. The number of aromatic nitrogens is 3. The second-order valence-corrected chi connectivity index (χ2v) is 8.91. The number of methoxy groups -OCH3 is 1.